The molecule has 3 aromatic rings. The molecule has 0 saturated heterocycles. The van der Waals surface area contributed by atoms with Crippen molar-refractivity contribution >= 4 is 11.0 Å². The lowest BCUT2D eigenvalue weighted by Gasteiger charge is -2.03. The molecular formula is C17H19N3. The van der Waals surface area contributed by atoms with Crippen LogP contribution >= 0.6 is 0 Å². The Hall–Kier alpha value is -2.13. The molecular weight excluding hydrogens is 246 g/mol. The summed E-state index contributed by atoms with van der Waals surface area (Å²) in [6, 6.07) is 18.7. The fourth-order valence-corrected chi connectivity index (χ4v) is 2.33. The van der Waals surface area contributed by atoms with Gasteiger partial charge in [0.15, 0.2) is 0 Å². The molecule has 3 heteroatoms. The fraction of sp³-hybridized carbons (Fsp3) is 0.235. The Balaban J connectivity index is 1.43. The average molecular weight is 265 g/mol. The quantitative estimate of drug-likeness (QED) is 0.671. The first-order valence-corrected chi connectivity index (χ1v) is 7.10. The van der Waals surface area contributed by atoms with Gasteiger partial charge in [-0.3, -0.25) is 0 Å². The Morgan fingerprint density at radius 1 is 0.950 bits per heavy atom. The monoisotopic (exact) mass is 265 g/mol. The number of fused-ring (bicyclic) bond motifs is 1. The van der Waals surface area contributed by atoms with Crippen LogP contribution in [0.5, 0.6) is 0 Å². The van der Waals surface area contributed by atoms with Crippen LogP contribution in [-0.4, -0.2) is 16.5 Å². The number of nitrogens with zero attached hydrogens (tertiary/aromatic N) is 1. The van der Waals surface area contributed by atoms with Crippen LogP contribution in [0.1, 0.15) is 17.8 Å². The van der Waals surface area contributed by atoms with Crippen LogP contribution in [0.3, 0.4) is 0 Å². The summed E-state index contributed by atoms with van der Waals surface area (Å²) in [5.41, 5.74) is 3.51. The van der Waals surface area contributed by atoms with Gasteiger partial charge in [-0.15, -0.1) is 0 Å². The van der Waals surface area contributed by atoms with Gasteiger partial charge in [0.1, 0.15) is 5.82 Å². The topological polar surface area (TPSA) is 40.7 Å². The van der Waals surface area contributed by atoms with Gasteiger partial charge in [-0.1, -0.05) is 42.5 Å². The van der Waals surface area contributed by atoms with Gasteiger partial charge in [0.2, 0.25) is 0 Å². The van der Waals surface area contributed by atoms with Crippen molar-refractivity contribution in [3.63, 3.8) is 0 Å². The third kappa shape index (κ3) is 3.25. The van der Waals surface area contributed by atoms with E-state index in [1.165, 1.54) is 5.56 Å². The van der Waals surface area contributed by atoms with Gasteiger partial charge in [0.05, 0.1) is 11.0 Å². The molecule has 0 aliphatic heterocycles. The second-order valence-corrected chi connectivity index (χ2v) is 4.97. The molecule has 0 bridgehead atoms. The molecule has 102 valence electrons. The summed E-state index contributed by atoms with van der Waals surface area (Å²) in [7, 11) is 0. The van der Waals surface area contributed by atoms with Gasteiger partial charge in [0, 0.05) is 13.0 Å². The molecule has 0 amide bonds. The van der Waals surface area contributed by atoms with E-state index in [2.05, 4.69) is 45.6 Å². The first-order chi connectivity index (χ1) is 9.92. The highest BCUT2D eigenvalue weighted by Gasteiger charge is 2.01. The molecule has 0 unspecified atom stereocenters. The summed E-state index contributed by atoms with van der Waals surface area (Å²) in [4.78, 5) is 7.95. The van der Waals surface area contributed by atoms with Gasteiger partial charge < -0.3 is 10.3 Å². The zero-order valence-electron chi connectivity index (χ0n) is 11.5. The Morgan fingerprint density at radius 2 is 1.75 bits per heavy atom. The van der Waals surface area contributed by atoms with Crippen LogP contribution in [0, 0.1) is 0 Å². The second kappa shape index (κ2) is 6.35. The number of aromatic nitrogens is 2. The number of hydrogen-bond donors (Lipinski definition) is 2. The van der Waals surface area contributed by atoms with E-state index in [1.807, 2.05) is 24.3 Å². The van der Waals surface area contributed by atoms with E-state index in [-0.39, 0.29) is 0 Å². The maximum Gasteiger partial charge on any atom is 0.107 e. The van der Waals surface area contributed by atoms with E-state index < -0.39 is 0 Å². The predicted molar refractivity (Wildman–Crippen MR) is 82.6 cm³/mol. The fourth-order valence-electron chi connectivity index (χ4n) is 2.33. The van der Waals surface area contributed by atoms with Crippen molar-refractivity contribution in [1.29, 1.82) is 0 Å². The van der Waals surface area contributed by atoms with E-state index in [4.69, 9.17) is 0 Å². The Kier molecular flexibility index (Phi) is 4.09. The van der Waals surface area contributed by atoms with Crippen molar-refractivity contribution in [2.24, 2.45) is 0 Å². The highest BCUT2D eigenvalue weighted by atomic mass is 14.9. The maximum atomic E-state index is 4.59. The number of rotatable bonds is 6. The first kappa shape index (κ1) is 12.9. The van der Waals surface area contributed by atoms with Gasteiger partial charge in [-0.25, -0.2) is 4.98 Å². The van der Waals surface area contributed by atoms with Crippen molar-refractivity contribution in [2.75, 3.05) is 6.54 Å². The molecule has 0 atom stereocenters. The van der Waals surface area contributed by atoms with Crippen LogP contribution in [0.4, 0.5) is 0 Å². The van der Waals surface area contributed by atoms with Crippen molar-refractivity contribution in [3.8, 4) is 0 Å². The summed E-state index contributed by atoms with van der Waals surface area (Å²) in [5.74, 6) is 1.08. The van der Waals surface area contributed by atoms with Gasteiger partial charge in [0.25, 0.3) is 0 Å². The molecule has 0 spiro atoms. The van der Waals surface area contributed by atoms with Crippen LogP contribution in [0.2, 0.25) is 0 Å². The van der Waals surface area contributed by atoms with Crippen LogP contribution in [-0.2, 0) is 13.0 Å². The van der Waals surface area contributed by atoms with E-state index in [0.717, 1.165) is 42.8 Å². The normalized spacial score (nSPS) is 11.0. The average Bonchev–Trinajstić information content (AvgIpc) is 2.90. The van der Waals surface area contributed by atoms with Crippen molar-refractivity contribution in [2.45, 2.75) is 19.4 Å². The minimum absolute atomic E-state index is 0.932. The number of imidazole rings is 1. The number of benzene rings is 2. The third-order valence-corrected chi connectivity index (χ3v) is 3.38. The number of aromatic amines is 1. The number of hydrogen-bond acceptors (Lipinski definition) is 2. The zero-order chi connectivity index (χ0) is 13.6. The Bertz CT molecular complexity index is 625. The second-order valence-electron chi connectivity index (χ2n) is 4.97. The molecule has 3 rings (SSSR count). The third-order valence-electron chi connectivity index (χ3n) is 3.38. The van der Waals surface area contributed by atoms with E-state index >= 15 is 0 Å². The smallest absolute Gasteiger partial charge is 0.107 e. The summed E-state index contributed by atoms with van der Waals surface area (Å²) < 4.78 is 0. The molecule has 0 fully saturated rings. The molecule has 2 aromatic carbocycles. The molecule has 3 nitrogen and oxygen atoms in total. The number of aryl methyl sites for hydroxylation is 1. The lowest BCUT2D eigenvalue weighted by Crippen LogP contribution is -2.15. The molecule has 0 aliphatic rings. The number of nitrogens with one attached hydrogen (secondary N) is 2. The molecule has 0 aliphatic carbocycles. The highest BCUT2D eigenvalue weighted by molar-refractivity contribution is 5.74. The molecule has 1 heterocycles. The van der Waals surface area contributed by atoms with Gasteiger partial charge in [-0.05, 0) is 30.7 Å². The number of H-pyrrole nitrogens is 1. The van der Waals surface area contributed by atoms with E-state index in [9.17, 15) is 0 Å². The number of para-hydroxylation sites is 2. The van der Waals surface area contributed by atoms with Crippen LogP contribution in [0.15, 0.2) is 54.6 Å². The van der Waals surface area contributed by atoms with Crippen molar-refractivity contribution in [3.05, 3.63) is 66.0 Å². The maximum absolute atomic E-state index is 4.59. The van der Waals surface area contributed by atoms with E-state index in [1.54, 1.807) is 0 Å². The Morgan fingerprint density at radius 3 is 2.60 bits per heavy atom. The van der Waals surface area contributed by atoms with Crippen LogP contribution in [0.25, 0.3) is 11.0 Å². The molecule has 1 aromatic heterocycles. The zero-order valence-corrected chi connectivity index (χ0v) is 11.5. The predicted octanol–water partition coefficient (Wildman–Crippen LogP) is 3.29. The molecule has 0 saturated carbocycles. The van der Waals surface area contributed by atoms with Gasteiger partial charge in [-0.2, -0.15) is 0 Å². The SMILES string of the molecule is c1ccc(CNCCCc2nc3ccccc3[nH]2)cc1. The highest BCUT2D eigenvalue weighted by Crippen LogP contribution is 2.11. The lowest BCUT2D eigenvalue weighted by atomic mass is 10.2. The van der Waals surface area contributed by atoms with Crippen molar-refractivity contribution in [1.82, 2.24) is 15.3 Å². The summed E-state index contributed by atoms with van der Waals surface area (Å²) in [5, 5.41) is 3.46. The van der Waals surface area contributed by atoms with Crippen molar-refractivity contribution < 1.29 is 0 Å². The first-order valence-electron chi connectivity index (χ1n) is 7.10. The van der Waals surface area contributed by atoms with Gasteiger partial charge >= 0.3 is 0 Å². The summed E-state index contributed by atoms with van der Waals surface area (Å²) in [6.45, 7) is 1.94. The summed E-state index contributed by atoms with van der Waals surface area (Å²) in [6.07, 6.45) is 2.07. The minimum Gasteiger partial charge on any atom is -0.342 e. The Labute approximate surface area is 119 Å². The standard InChI is InChI=1S/C17H19N3/c1-2-7-14(8-3-1)13-18-12-6-11-17-19-15-9-4-5-10-16(15)20-17/h1-5,7-10,18H,6,11-13H2,(H,19,20). The largest absolute Gasteiger partial charge is 0.342 e. The summed E-state index contributed by atoms with van der Waals surface area (Å²) >= 11 is 0. The van der Waals surface area contributed by atoms with Crippen LogP contribution < -0.4 is 5.32 Å². The molecule has 20 heavy (non-hydrogen) atoms. The van der Waals surface area contributed by atoms with E-state index in [0.29, 0.717) is 0 Å². The minimum atomic E-state index is 0.932. The molecule has 0 radical (unpaired) electrons. The lowest BCUT2D eigenvalue weighted by molar-refractivity contribution is 0.641. The molecule has 2 N–H and O–H groups in total.